The number of hydrogen-bond acceptors (Lipinski definition) is 5. The molecule has 4 rings (SSSR count). The Morgan fingerprint density at radius 2 is 2.00 bits per heavy atom. The van der Waals surface area contributed by atoms with E-state index in [9.17, 15) is 22.4 Å². The van der Waals surface area contributed by atoms with E-state index < -0.39 is 28.9 Å². The first-order valence-electron chi connectivity index (χ1n) is 8.31. The molecule has 1 aliphatic rings. The Morgan fingerprint density at radius 1 is 1.21 bits per heavy atom. The molecule has 1 aliphatic heterocycles. The summed E-state index contributed by atoms with van der Waals surface area (Å²) in [5, 5.41) is 5.94. The molecule has 0 amide bonds. The normalized spacial score (nSPS) is 14.0. The van der Waals surface area contributed by atoms with Gasteiger partial charge >= 0.3 is 6.18 Å². The van der Waals surface area contributed by atoms with Crippen LogP contribution in [0.3, 0.4) is 0 Å². The van der Waals surface area contributed by atoms with Crippen molar-refractivity contribution in [2.45, 2.75) is 19.3 Å². The summed E-state index contributed by atoms with van der Waals surface area (Å²) in [4.78, 5) is 17.6. The Balaban J connectivity index is 1.62. The maximum absolute atomic E-state index is 13.3. The van der Waals surface area contributed by atoms with Crippen LogP contribution in [0.2, 0.25) is 5.02 Å². The Kier molecular flexibility index (Phi) is 4.69. The monoisotopic (exact) mass is 429 g/mol. The second-order valence-electron chi connectivity index (χ2n) is 6.22. The zero-order chi connectivity index (χ0) is 20.8. The second kappa shape index (κ2) is 7.07. The standard InChI is InChI=1S/C17H12ClF4N5O2/c18-15-11(6-24-25-16(15)28)26-3-4-27-13(8-26)23-7-14(27)29-12-2-1-9(19)5-10(12)17(20,21)22/h1-2,5-7H,3-4,8H2,(H,25,28). The number of nitrogens with zero attached hydrogens (tertiary/aromatic N) is 4. The van der Waals surface area contributed by atoms with Crippen LogP contribution in [-0.2, 0) is 19.3 Å². The SMILES string of the molecule is O=c1[nH]ncc(N2CCn3c(Oc4ccc(F)cc4C(F)(F)F)cnc3C2)c1Cl. The molecule has 29 heavy (non-hydrogen) atoms. The third kappa shape index (κ3) is 3.65. The highest BCUT2D eigenvalue weighted by atomic mass is 35.5. The molecule has 2 aromatic heterocycles. The van der Waals surface area contributed by atoms with Gasteiger partial charge in [0.1, 0.15) is 28.0 Å². The second-order valence-corrected chi connectivity index (χ2v) is 6.60. The van der Waals surface area contributed by atoms with E-state index in [4.69, 9.17) is 16.3 Å². The molecule has 0 unspecified atom stereocenters. The highest BCUT2D eigenvalue weighted by Gasteiger charge is 2.35. The molecule has 3 aromatic rings. The van der Waals surface area contributed by atoms with Crippen molar-refractivity contribution in [2.24, 2.45) is 0 Å². The minimum Gasteiger partial charge on any atom is -0.438 e. The molecule has 0 atom stereocenters. The lowest BCUT2D eigenvalue weighted by molar-refractivity contribution is -0.138. The summed E-state index contributed by atoms with van der Waals surface area (Å²) >= 11 is 6.02. The van der Waals surface area contributed by atoms with Crippen molar-refractivity contribution in [3.8, 4) is 11.6 Å². The van der Waals surface area contributed by atoms with Crippen LogP contribution < -0.4 is 15.2 Å². The van der Waals surface area contributed by atoms with Crippen molar-refractivity contribution in [1.82, 2.24) is 19.7 Å². The molecule has 3 heterocycles. The van der Waals surface area contributed by atoms with Crippen molar-refractivity contribution in [2.75, 3.05) is 11.4 Å². The number of halogens is 5. The lowest BCUT2D eigenvalue weighted by Gasteiger charge is -2.30. The first-order valence-corrected chi connectivity index (χ1v) is 8.69. The number of imidazole rings is 1. The summed E-state index contributed by atoms with van der Waals surface area (Å²) in [6, 6.07) is 2.20. The molecule has 0 bridgehead atoms. The molecule has 0 aliphatic carbocycles. The third-order valence-corrected chi connectivity index (χ3v) is 4.77. The number of benzene rings is 1. The topological polar surface area (TPSA) is 76.0 Å². The largest absolute Gasteiger partial charge is 0.438 e. The highest BCUT2D eigenvalue weighted by molar-refractivity contribution is 6.32. The Bertz CT molecular complexity index is 1130. The smallest absolute Gasteiger partial charge is 0.420 e. The van der Waals surface area contributed by atoms with E-state index in [1.54, 1.807) is 9.47 Å². The van der Waals surface area contributed by atoms with Crippen molar-refractivity contribution in [3.63, 3.8) is 0 Å². The number of alkyl halides is 3. The van der Waals surface area contributed by atoms with Gasteiger partial charge in [-0.15, -0.1) is 0 Å². The number of H-pyrrole nitrogens is 1. The van der Waals surface area contributed by atoms with Gasteiger partial charge in [-0.1, -0.05) is 11.6 Å². The molecule has 0 spiro atoms. The molecule has 1 aromatic carbocycles. The van der Waals surface area contributed by atoms with Crippen molar-refractivity contribution in [1.29, 1.82) is 0 Å². The van der Waals surface area contributed by atoms with Crippen molar-refractivity contribution in [3.05, 3.63) is 63.2 Å². The lowest BCUT2D eigenvalue weighted by atomic mass is 10.2. The van der Waals surface area contributed by atoms with Gasteiger partial charge in [0.2, 0.25) is 5.88 Å². The predicted molar refractivity (Wildman–Crippen MR) is 94.6 cm³/mol. The van der Waals surface area contributed by atoms with E-state index in [0.29, 0.717) is 30.7 Å². The molecule has 0 saturated heterocycles. The van der Waals surface area contributed by atoms with E-state index in [-0.39, 0.29) is 17.4 Å². The average molecular weight is 430 g/mol. The molecule has 1 N–H and O–H groups in total. The summed E-state index contributed by atoms with van der Waals surface area (Å²) < 4.78 is 59.8. The lowest BCUT2D eigenvalue weighted by Crippen LogP contribution is -2.35. The van der Waals surface area contributed by atoms with Gasteiger partial charge in [-0.3, -0.25) is 9.36 Å². The van der Waals surface area contributed by atoms with Crippen molar-refractivity contribution < 1.29 is 22.3 Å². The number of nitrogens with one attached hydrogen (secondary N) is 1. The van der Waals surface area contributed by atoms with Crippen LogP contribution >= 0.6 is 11.6 Å². The van der Waals surface area contributed by atoms with Gasteiger partial charge in [0.25, 0.3) is 5.56 Å². The zero-order valence-electron chi connectivity index (χ0n) is 14.5. The number of ether oxygens (including phenoxy) is 1. The summed E-state index contributed by atoms with van der Waals surface area (Å²) in [7, 11) is 0. The molecule has 12 heteroatoms. The van der Waals surface area contributed by atoms with Gasteiger partial charge in [-0.25, -0.2) is 14.5 Å². The van der Waals surface area contributed by atoms with E-state index in [2.05, 4.69) is 15.2 Å². The van der Waals surface area contributed by atoms with Crippen LogP contribution in [0.5, 0.6) is 11.6 Å². The van der Waals surface area contributed by atoms with Crippen molar-refractivity contribution >= 4 is 17.3 Å². The van der Waals surface area contributed by atoms with Crippen LogP contribution in [0.25, 0.3) is 0 Å². The maximum Gasteiger partial charge on any atom is 0.420 e. The minimum absolute atomic E-state index is 0.0161. The number of hydrogen-bond donors (Lipinski definition) is 1. The summed E-state index contributed by atoms with van der Waals surface area (Å²) in [5.74, 6) is -0.949. The number of rotatable bonds is 3. The average Bonchev–Trinajstić information content (AvgIpc) is 3.06. The van der Waals surface area contributed by atoms with Gasteiger partial charge in [-0.05, 0) is 18.2 Å². The van der Waals surface area contributed by atoms with E-state index >= 15 is 0 Å². The van der Waals surface area contributed by atoms with Gasteiger partial charge in [0, 0.05) is 13.1 Å². The van der Waals surface area contributed by atoms with Gasteiger partial charge in [0.05, 0.1) is 24.6 Å². The fourth-order valence-corrected chi connectivity index (χ4v) is 3.25. The first-order chi connectivity index (χ1) is 13.7. The fraction of sp³-hybridized carbons (Fsp3) is 0.235. The number of anilines is 1. The molecular formula is C17H12ClF4N5O2. The molecule has 7 nitrogen and oxygen atoms in total. The Morgan fingerprint density at radius 3 is 2.76 bits per heavy atom. The van der Waals surface area contributed by atoms with Crippen LogP contribution in [0.4, 0.5) is 23.2 Å². The number of aromatic amines is 1. The number of fused-ring (bicyclic) bond motifs is 1. The molecule has 0 fully saturated rings. The van der Waals surface area contributed by atoms with E-state index in [1.165, 1.54) is 12.4 Å². The van der Waals surface area contributed by atoms with E-state index in [0.717, 1.165) is 12.1 Å². The van der Waals surface area contributed by atoms with Crippen LogP contribution in [0.1, 0.15) is 11.4 Å². The Hall–Kier alpha value is -3.08. The van der Waals surface area contributed by atoms with E-state index in [1.807, 2.05) is 0 Å². The quantitative estimate of drug-likeness (QED) is 0.644. The number of aromatic nitrogens is 4. The van der Waals surface area contributed by atoms with Gasteiger partial charge < -0.3 is 9.64 Å². The molecule has 0 saturated carbocycles. The predicted octanol–water partition coefficient (Wildman–Crippen LogP) is 3.59. The van der Waals surface area contributed by atoms with Crippen LogP contribution in [0.15, 0.2) is 35.4 Å². The summed E-state index contributed by atoms with van der Waals surface area (Å²) in [6.07, 6.45) is -2.07. The molecule has 0 radical (unpaired) electrons. The maximum atomic E-state index is 13.3. The highest BCUT2D eigenvalue weighted by Crippen LogP contribution is 2.39. The summed E-state index contributed by atoms with van der Waals surface area (Å²) in [5.41, 5.74) is -1.32. The zero-order valence-corrected chi connectivity index (χ0v) is 15.3. The minimum atomic E-state index is -4.77. The summed E-state index contributed by atoms with van der Waals surface area (Å²) in [6.45, 7) is 0.945. The van der Waals surface area contributed by atoms with Gasteiger partial charge in [0.15, 0.2) is 0 Å². The third-order valence-electron chi connectivity index (χ3n) is 4.41. The first kappa shape index (κ1) is 19.2. The van der Waals surface area contributed by atoms with Gasteiger partial charge in [-0.2, -0.15) is 18.3 Å². The Labute approximate surface area is 165 Å². The fourth-order valence-electron chi connectivity index (χ4n) is 3.04. The molecular weight excluding hydrogens is 418 g/mol. The van der Waals surface area contributed by atoms with Crippen LogP contribution in [-0.4, -0.2) is 26.3 Å². The molecule has 152 valence electrons. The van der Waals surface area contributed by atoms with Crippen LogP contribution in [0, 0.1) is 5.82 Å².